The van der Waals surface area contributed by atoms with E-state index in [0.29, 0.717) is 18.0 Å². The van der Waals surface area contributed by atoms with E-state index in [2.05, 4.69) is 0 Å². The van der Waals surface area contributed by atoms with Crippen LogP contribution < -0.4 is 0 Å². The summed E-state index contributed by atoms with van der Waals surface area (Å²) < 4.78 is 0. The Kier molecular flexibility index (Phi) is 4.46. The first-order valence-corrected chi connectivity index (χ1v) is 9.14. The minimum atomic E-state index is -0.977. The summed E-state index contributed by atoms with van der Waals surface area (Å²) in [5.41, 5.74) is 0.559. The van der Waals surface area contributed by atoms with E-state index in [4.69, 9.17) is 4.84 Å². The summed E-state index contributed by atoms with van der Waals surface area (Å²) in [6, 6.07) is 10.1. The van der Waals surface area contributed by atoms with Gasteiger partial charge in [0.1, 0.15) is 0 Å². The normalized spacial score (nSPS) is 15.1. The van der Waals surface area contributed by atoms with Crippen LogP contribution >= 0.6 is 0 Å². The number of benzene rings is 2. The number of amides is 4. The summed E-state index contributed by atoms with van der Waals surface area (Å²) in [5.74, 6) is -3.34. The average molecular weight is 392 g/mol. The SMILES string of the molecule is CCCCN1C(=O)c2ccc(C(=O)ON3C(=O)c4ccccc4C3=O)cc2C1=O. The molecule has 2 aliphatic heterocycles. The number of hydrogen-bond donors (Lipinski definition) is 0. The van der Waals surface area contributed by atoms with Crippen molar-refractivity contribution in [3.63, 3.8) is 0 Å². The zero-order valence-corrected chi connectivity index (χ0v) is 15.5. The Morgan fingerprint density at radius 3 is 2.03 bits per heavy atom. The Labute approximate surface area is 165 Å². The van der Waals surface area contributed by atoms with Crippen molar-refractivity contribution in [2.45, 2.75) is 19.8 Å². The minimum absolute atomic E-state index is 0.0428. The molecular formula is C21H16N2O6. The molecule has 0 bridgehead atoms. The Bertz CT molecular complexity index is 1060. The molecule has 29 heavy (non-hydrogen) atoms. The van der Waals surface area contributed by atoms with Crippen LogP contribution in [0, 0.1) is 0 Å². The maximum atomic E-state index is 12.5. The summed E-state index contributed by atoms with van der Waals surface area (Å²) in [6.07, 6.45) is 1.51. The smallest absolute Gasteiger partial charge is 0.324 e. The van der Waals surface area contributed by atoms with Crippen molar-refractivity contribution in [3.8, 4) is 0 Å². The number of unbranched alkanes of at least 4 members (excludes halogenated alkanes) is 1. The van der Waals surface area contributed by atoms with Crippen LogP contribution in [0.2, 0.25) is 0 Å². The quantitative estimate of drug-likeness (QED) is 0.725. The molecule has 0 aliphatic carbocycles. The number of imide groups is 2. The highest BCUT2D eigenvalue weighted by Crippen LogP contribution is 2.26. The first kappa shape index (κ1) is 18.5. The van der Waals surface area contributed by atoms with Crippen molar-refractivity contribution in [1.82, 2.24) is 9.96 Å². The highest BCUT2D eigenvalue weighted by atomic mass is 16.7. The average Bonchev–Trinajstić information content (AvgIpc) is 3.12. The van der Waals surface area contributed by atoms with Gasteiger partial charge in [-0.15, -0.1) is 0 Å². The number of hydroxylamine groups is 2. The van der Waals surface area contributed by atoms with E-state index in [1.165, 1.54) is 30.3 Å². The lowest BCUT2D eigenvalue weighted by atomic mass is 10.1. The zero-order valence-electron chi connectivity index (χ0n) is 15.5. The van der Waals surface area contributed by atoms with Gasteiger partial charge in [0.15, 0.2) is 0 Å². The Morgan fingerprint density at radius 2 is 1.41 bits per heavy atom. The van der Waals surface area contributed by atoms with Gasteiger partial charge in [-0.1, -0.05) is 30.5 Å². The predicted octanol–water partition coefficient (Wildman–Crippen LogP) is 2.45. The van der Waals surface area contributed by atoms with Crippen LogP contribution in [-0.4, -0.2) is 46.1 Å². The third kappa shape index (κ3) is 2.89. The van der Waals surface area contributed by atoms with E-state index < -0.39 is 29.6 Å². The van der Waals surface area contributed by atoms with Crippen LogP contribution in [-0.2, 0) is 4.84 Å². The molecule has 2 aromatic carbocycles. The molecule has 146 valence electrons. The monoisotopic (exact) mass is 392 g/mol. The summed E-state index contributed by atoms with van der Waals surface area (Å²) in [4.78, 5) is 68.2. The Morgan fingerprint density at radius 1 is 0.828 bits per heavy atom. The van der Waals surface area contributed by atoms with Crippen LogP contribution in [0.15, 0.2) is 42.5 Å². The maximum Gasteiger partial charge on any atom is 0.363 e. The number of carbonyl (C=O) groups excluding carboxylic acids is 5. The molecule has 0 unspecified atom stereocenters. The van der Waals surface area contributed by atoms with Gasteiger partial charge in [-0.05, 0) is 36.8 Å². The van der Waals surface area contributed by atoms with Crippen molar-refractivity contribution >= 4 is 29.6 Å². The van der Waals surface area contributed by atoms with Gasteiger partial charge in [-0.25, -0.2) is 4.79 Å². The highest BCUT2D eigenvalue weighted by Gasteiger charge is 2.40. The summed E-state index contributed by atoms with van der Waals surface area (Å²) >= 11 is 0. The fourth-order valence-corrected chi connectivity index (χ4v) is 3.32. The molecule has 0 saturated carbocycles. The summed E-state index contributed by atoms with van der Waals surface area (Å²) in [7, 11) is 0. The molecule has 0 atom stereocenters. The molecule has 2 aromatic rings. The van der Waals surface area contributed by atoms with Crippen molar-refractivity contribution < 1.29 is 28.8 Å². The van der Waals surface area contributed by atoms with Gasteiger partial charge >= 0.3 is 5.97 Å². The molecule has 0 aromatic heterocycles. The van der Waals surface area contributed by atoms with Crippen molar-refractivity contribution in [2.24, 2.45) is 0 Å². The lowest BCUT2D eigenvalue weighted by Crippen LogP contribution is -2.32. The number of rotatable bonds is 5. The molecule has 8 nitrogen and oxygen atoms in total. The third-order valence-electron chi connectivity index (χ3n) is 4.87. The minimum Gasteiger partial charge on any atom is -0.324 e. The van der Waals surface area contributed by atoms with E-state index in [1.807, 2.05) is 6.92 Å². The maximum absolute atomic E-state index is 12.5. The number of nitrogens with zero attached hydrogens (tertiary/aromatic N) is 2. The van der Waals surface area contributed by atoms with Gasteiger partial charge in [-0.2, -0.15) is 0 Å². The second-order valence-corrected chi connectivity index (χ2v) is 6.70. The second kappa shape index (κ2) is 6.97. The Hall–Kier alpha value is -3.81. The van der Waals surface area contributed by atoms with E-state index in [9.17, 15) is 24.0 Å². The van der Waals surface area contributed by atoms with Gasteiger partial charge in [0.2, 0.25) is 0 Å². The second-order valence-electron chi connectivity index (χ2n) is 6.70. The van der Waals surface area contributed by atoms with Crippen LogP contribution in [0.4, 0.5) is 0 Å². The number of hydrogen-bond acceptors (Lipinski definition) is 6. The molecule has 4 amide bonds. The molecule has 0 saturated heterocycles. The Balaban J connectivity index is 1.56. The van der Waals surface area contributed by atoms with E-state index in [0.717, 1.165) is 11.3 Å². The fraction of sp³-hybridized carbons (Fsp3) is 0.190. The molecule has 0 spiro atoms. The molecule has 0 fully saturated rings. The molecule has 2 aliphatic rings. The predicted molar refractivity (Wildman–Crippen MR) is 99.1 cm³/mol. The molecule has 0 radical (unpaired) electrons. The topological polar surface area (TPSA) is 101 Å². The van der Waals surface area contributed by atoms with Gasteiger partial charge in [-0.3, -0.25) is 24.1 Å². The summed E-state index contributed by atoms with van der Waals surface area (Å²) in [6.45, 7) is 2.25. The molecule has 4 rings (SSSR count). The van der Waals surface area contributed by atoms with Crippen LogP contribution in [0.5, 0.6) is 0 Å². The molecule has 2 heterocycles. The number of fused-ring (bicyclic) bond motifs is 2. The van der Waals surface area contributed by atoms with E-state index in [1.54, 1.807) is 12.1 Å². The fourth-order valence-electron chi connectivity index (χ4n) is 3.32. The van der Waals surface area contributed by atoms with Crippen molar-refractivity contribution in [2.75, 3.05) is 6.54 Å². The lowest BCUT2D eigenvalue weighted by molar-refractivity contribution is -0.0584. The zero-order chi connectivity index (χ0) is 20.7. The molecular weight excluding hydrogens is 376 g/mol. The highest BCUT2D eigenvalue weighted by molar-refractivity contribution is 6.22. The van der Waals surface area contributed by atoms with Crippen molar-refractivity contribution in [1.29, 1.82) is 0 Å². The van der Waals surface area contributed by atoms with Crippen LogP contribution in [0.25, 0.3) is 0 Å². The largest absolute Gasteiger partial charge is 0.363 e. The first-order valence-electron chi connectivity index (χ1n) is 9.14. The van der Waals surface area contributed by atoms with Crippen LogP contribution in [0.3, 0.4) is 0 Å². The van der Waals surface area contributed by atoms with Crippen molar-refractivity contribution in [3.05, 3.63) is 70.3 Å². The standard InChI is InChI=1S/C21H16N2O6/c1-2-3-10-22-17(24)15-9-8-12(11-16(15)18(22)25)21(28)29-23-19(26)13-6-4-5-7-14(13)20(23)27/h4-9,11H,2-3,10H2,1H3. The third-order valence-corrected chi connectivity index (χ3v) is 4.87. The van der Waals surface area contributed by atoms with Gasteiger partial charge in [0, 0.05) is 6.54 Å². The van der Waals surface area contributed by atoms with Gasteiger partial charge in [0.05, 0.1) is 27.8 Å². The molecule has 8 heteroatoms. The van der Waals surface area contributed by atoms with Gasteiger partial charge < -0.3 is 4.84 Å². The summed E-state index contributed by atoms with van der Waals surface area (Å²) in [5, 5.41) is 0.404. The lowest BCUT2D eigenvalue weighted by Gasteiger charge is -2.13. The van der Waals surface area contributed by atoms with E-state index >= 15 is 0 Å². The molecule has 0 N–H and O–H groups in total. The number of carbonyl (C=O) groups is 5. The van der Waals surface area contributed by atoms with Gasteiger partial charge in [0.25, 0.3) is 23.6 Å². The van der Waals surface area contributed by atoms with E-state index in [-0.39, 0.29) is 27.8 Å². The first-order chi connectivity index (χ1) is 13.9. The van der Waals surface area contributed by atoms with Crippen LogP contribution in [0.1, 0.15) is 71.6 Å².